The molecule has 2 nitrogen and oxygen atoms in total. The molecule has 114 valence electrons. The summed E-state index contributed by atoms with van der Waals surface area (Å²) in [7, 11) is 0. The third-order valence-electron chi connectivity index (χ3n) is 6.10. The second kappa shape index (κ2) is 5.73. The van der Waals surface area contributed by atoms with Crippen LogP contribution in [0, 0.1) is 18.8 Å². The molecular formula is C19H28N2. The number of hydrogen-bond donors (Lipinski definition) is 0. The van der Waals surface area contributed by atoms with Gasteiger partial charge in [0, 0.05) is 38.8 Å². The summed E-state index contributed by atoms with van der Waals surface area (Å²) in [5, 5.41) is 0. The molecule has 2 heteroatoms. The lowest BCUT2D eigenvalue weighted by Gasteiger charge is -2.41. The molecule has 21 heavy (non-hydrogen) atoms. The Morgan fingerprint density at radius 3 is 2.33 bits per heavy atom. The van der Waals surface area contributed by atoms with Gasteiger partial charge in [-0.3, -0.25) is 9.80 Å². The van der Waals surface area contributed by atoms with Gasteiger partial charge in [0.1, 0.15) is 0 Å². The van der Waals surface area contributed by atoms with E-state index < -0.39 is 0 Å². The van der Waals surface area contributed by atoms with Gasteiger partial charge in [-0.2, -0.15) is 0 Å². The predicted molar refractivity (Wildman–Crippen MR) is 87.3 cm³/mol. The summed E-state index contributed by atoms with van der Waals surface area (Å²) in [4.78, 5) is 5.45. The van der Waals surface area contributed by atoms with Crippen LogP contribution < -0.4 is 0 Å². The highest BCUT2D eigenvalue weighted by Gasteiger charge is 2.42. The summed E-state index contributed by atoms with van der Waals surface area (Å²) < 4.78 is 0. The van der Waals surface area contributed by atoms with Gasteiger partial charge in [-0.1, -0.05) is 36.2 Å². The Balaban J connectivity index is 1.29. The van der Waals surface area contributed by atoms with Gasteiger partial charge in [-0.25, -0.2) is 0 Å². The topological polar surface area (TPSA) is 6.48 Å². The van der Waals surface area contributed by atoms with Gasteiger partial charge in [0.05, 0.1) is 0 Å². The quantitative estimate of drug-likeness (QED) is 0.840. The summed E-state index contributed by atoms with van der Waals surface area (Å²) in [6.07, 6.45) is 6.07. The van der Waals surface area contributed by atoms with Gasteiger partial charge < -0.3 is 0 Å². The number of aryl methyl sites for hydroxylation is 1. The molecule has 1 aromatic rings. The fourth-order valence-electron chi connectivity index (χ4n) is 4.86. The van der Waals surface area contributed by atoms with Crippen LogP contribution in [0.5, 0.6) is 0 Å². The van der Waals surface area contributed by atoms with Crippen LogP contribution in [0.4, 0.5) is 0 Å². The molecule has 3 atom stereocenters. The number of nitrogens with zero attached hydrogens (tertiary/aromatic N) is 2. The first-order valence-electron chi connectivity index (χ1n) is 8.80. The lowest BCUT2D eigenvalue weighted by Crippen LogP contribution is -2.51. The molecule has 1 aliphatic heterocycles. The lowest BCUT2D eigenvalue weighted by atomic mass is 9.93. The fraction of sp³-hybridized carbons (Fsp3) is 0.684. The highest BCUT2D eigenvalue weighted by atomic mass is 15.3. The highest BCUT2D eigenvalue weighted by Crippen LogP contribution is 2.46. The maximum atomic E-state index is 2.81. The standard InChI is InChI=1S/C19H28N2/c1-15-2-4-16(5-3-15)14-20-8-10-21(11-9-20)19-13-17-6-7-18(19)12-17/h2-5,17-19H,6-14H2,1H3/t17-,18-,19+/m0/s1. The van der Waals surface area contributed by atoms with Gasteiger partial charge in [0.15, 0.2) is 0 Å². The Morgan fingerprint density at radius 2 is 1.71 bits per heavy atom. The average molecular weight is 284 g/mol. The van der Waals surface area contributed by atoms with E-state index in [-0.39, 0.29) is 0 Å². The van der Waals surface area contributed by atoms with E-state index in [2.05, 4.69) is 41.0 Å². The van der Waals surface area contributed by atoms with Gasteiger partial charge >= 0.3 is 0 Å². The molecular weight excluding hydrogens is 256 g/mol. The monoisotopic (exact) mass is 284 g/mol. The minimum Gasteiger partial charge on any atom is -0.298 e. The Morgan fingerprint density at radius 1 is 0.952 bits per heavy atom. The van der Waals surface area contributed by atoms with E-state index in [1.54, 1.807) is 0 Å². The molecule has 0 spiro atoms. The van der Waals surface area contributed by atoms with Crippen molar-refractivity contribution in [2.75, 3.05) is 26.2 Å². The van der Waals surface area contributed by atoms with E-state index >= 15 is 0 Å². The molecule has 2 aliphatic carbocycles. The second-order valence-electron chi connectivity index (χ2n) is 7.54. The second-order valence-corrected chi connectivity index (χ2v) is 7.54. The van der Waals surface area contributed by atoms with Crippen molar-refractivity contribution in [2.45, 2.75) is 45.2 Å². The Labute approximate surface area is 129 Å². The molecule has 1 heterocycles. The molecule has 0 radical (unpaired) electrons. The van der Waals surface area contributed by atoms with Gasteiger partial charge in [-0.05, 0) is 43.6 Å². The maximum absolute atomic E-state index is 2.81. The van der Waals surface area contributed by atoms with E-state index in [1.807, 2.05) is 0 Å². The van der Waals surface area contributed by atoms with Crippen molar-refractivity contribution in [1.29, 1.82) is 0 Å². The van der Waals surface area contributed by atoms with Crippen LogP contribution in [0.1, 0.15) is 36.8 Å². The predicted octanol–water partition coefficient (Wildman–Crippen LogP) is 3.30. The molecule has 0 aromatic heterocycles. The smallest absolute Gasteiger partial charge is 0.0234 e. The Hall–Kier alpha value is -0.860. The van der Waals surface area contributed by atoms with E-state index in [0.717, 1.165) is 24.4 Å². The maximum Gasteiger partial charge on any atom is 0.0234 e. The van der Waals surface area contributed by atoms with Gasteiger partial charge in [-0.15, -0.1) is 0 Å². The first-order valence-corrected chi connectivity index (χ1v) is 8.80. The summed E-state index contributed by atoms with van der Waals surface area (Å²) in [6, 6.07) is 9.99. The normalized spacial score (nSPS) is 33.7. The van der Waals surface area contributed by atoms with E-state index in [1.165, 1.54) is 63.0 Å². The molecule has 0 amide bonds. The number of fused-ring (bicyclic) bond motifs is 2. The number of hydrogen-bond acceptors (Lipinski definition) is 2. The van der Waals surface area contributed by atoms with Crippen LogP contribution in [-0.2, 0) is 6.54 Å². The molecule has 0 N–H and O–H groups in total. The first-order chi connectivity index (χ1) is 10.3. The van der Waals surface area contributed by atoms with Crippen LogP contribution >= 0.6 is 0 Å². The Bertz CT molecular complexity index is 473. The van der Waals surface area contributed by atoms with Crippen molar-refractivity contribution in [3.63, 3.8) is 0 Å². The Kier molecular flexibility index (Phi) is 3.76. The molecule has 0 unspecified atom stereocenters. The van der Waals surface area contributed by atoms with E-state index in [0.29, 0.717) is 0 Å². The average Bonchev–Trinajstić information content (AvgIpc) is 3.13. The molecule has 3 aliphatic rings. The van der Waals surface area contributed by atoms with Crippen LogP contribution in [0.2, 0.25) is 0 Å². The third kappa shape index (κ3) is 2.89. The summed E-state index contributed by atoms with van der Waals surface area (Å²) in [5.74, 6) is 2.12. The lowest BCUT2D eigenvalue weighted by molar-refractivity contribution is 0.0679. The SMILES string of the molecule is Cc1ccc(CN2CCN([C@@H]3C[C@H]4CC[C@H]3C4)CC2)cc1. The van der Waals surface area contributed by atoms with Crippen molar-refractivity contribution >= 4 is 0 Å². The largest absolute Gasteiger partial charge is 0.298 e. The summed E-state index contributed by atoms with van der Waals surface area (Å²) in [6.45, 7) is 8.38. The van der Waals surface area contributed by atoms with Crippen molar-refractivity contribution in [1.82, 2.24) is 9.80 Å². The van der Waals surface area contributed by atoms with Crippen LogP contribution in [0.3, 0.4) is 0 Å². The van der Waals surface area contributed by atoms with Crippen molar-refractivity contribution in [3.05, 3.63) is 35.4 Å². The van der Waals surface area contributed by atoms with Crippen molar-refractivity contribution in [2.24, 2.45) is 11.8 Å². The summed E-state index contributed by atoms with van der Waals surface area (Å²) >= 11 is 0. The van der Waals surface area contributed by atoms with Crippen molar-refractivity contribution in [3.8, 4) is 0 Å². The van der Waals surface area contributed by atoms with Crippen LogP contribution in [-0.4, -0.2) is 42.0 Å². The molecule has 2 bridgehead atoms. The number of benzene rings is 1. The summed E-state index contributed by atoms with van der Waals surface area (Å²) in [5.41, 5.74) is 2.83. The third-order valence-corrected chi connectivity index (χ3v) is 6.10. The van der Waals surface area contributed by atoms with Gasteiger partial charge in [0.2, 0.25) is 0 Å². The number of rotatable bonds is 3. The zero-order valence-electron chi connectivity index (χ0n) is 13.3. The number of piperazine rings is 1. The molecule has 4 rings (SSSR count). The van der Waals surface area contributed by atoms with E-state index in [9.17, 15) is 0 Å². The van der Waals surface area contributed by atoms with Crippen LogP contribution in [0.25, 0.3) is 0 Å². The first kappa shape index (κ1) is 13.8. The van der Waals surface area contributed by atoms with Gasteiger partial charge in [0.25, 0.3) is 0 Å². The zero-order valence-corrected chi connectivity index (χ0v) is 13.3. The zero-order chi connectivity index (χ0) is 14.2. The van der Waals surface area contributed by atoms with Crippen molar-refractivity contribution < 1.29 is 0 Å². The minimum atomic E-state index is 0.935. The molecule has 3 fully saturated rings. The van der Waals surface area contributed by atoms with E-state index in [4.69, 9.17) is 0 Å². The van der Waals surface area contributed by atoms with Crippen LogP contribution in [0.15, 0.2) is 24.3 Å². The highest BCUT2D eigenvalue weighted by molar-refractivity contribution is 5.21. The minimum absolute atomic E-state index is 0.935. The molecule has 1 saturated heterocycles. The fourth-order valence-corrected chi connectivity index (χ4v) is 4.86. The molecule has 1 aromatic carbocycles. The molecule has 2 saturated carbocycles.